The van der Waals surface area contributed by atoms with Crippen LogP contribution in [0.3, 0.4) is 0 Å². The average Bonchev–Trinajstić information content (AvgIpc) is 2.38. The molecule has 0 bridgehead atoms. The van der Waals surface area contributed by atoms with Crippen LogP contribution in [0.4, 0.5) is 11.4 Å². The molecule has 3 N–H and O–H groups in total. The lowest BCUT2D eigenvalue weighted by molar-refractivity contribution is -0.384. The Bertz CT molecular complexity index is 530. The van der Waals surface area contributed by atoms with Crippen LogP contribution in [0.1, 0.15) is 23.7 Å². The highest BCUT2D eigenvalue weighted by Crippen LogP contribution is 2.25. The summed E-state index contributed by atoms with van der Waals surface area (Å²) in [5.74, 6) is -1.36. The van der Waals surface area contributed by atoms with E-state index in [1.165, 1.54) is 6.07 Å². The fraction of sp³-hybridized carbons (Fsp3) is 0.333. The molecular formula is C12H15N3O5. The zero-order chi connectivity index (χ0) is 15.1. The third-order valence-corrected chi connectivity index (χ3v) is 2.48. The number of rotatable bonds is 7. The number of aromatic carboxylic acids is 1. The Labute approximate surface area is 114 Å². The van der Waals surface area contributed by atoms with Crippen LogP contribution in [-0.4, -0.2) is 35.0 Å². The van der Waals surface area contributed by atoms with Gasteiger partial charge in [-0.25, -0.2) is 4.79 Å². The van der Waals surface area contributed by atoms with Gasteiger partial charge in [0.15, 0.2) is 0 Å². The maximum Gasteiger partial charge on any atom is 0.335 e. The van der Waals surface area contributed by atoms with Gasteiger partial charge in [0.1, 0.15) is 5.69 Å². The van der Waals surface area contributed by atoms with Crippen molar-refractivity contribution in [3.05, 3.63) is 33.9 Å². The molecule has 0 aliphatic rings. The fourth-order valence-electron chi connectivity index (χ4n) is 1.57. The van der Waals surface area contributed by atoms with E-state index in [-0.39, 0.29) is 35.8 Å². The van der Waals surface area contributed by atoms with Crippen molar-refractivity contribution < 1.29 is 19.6 Å². The smallest absolute Gasteiger partial charge is 0.335 e. The molecule has 0 saturated heterocycles. The van der Waals surface area contributed by atoms with Gasteiger partial charge in [-0.2, -0.15) is 0 Å². The van der Waals surface area contributed by atoms with Gasteiger partial charge in [0.05, 0.1) is 10.5 Å². The van der Waals surface area contributed by atoms with E-state index in [4.69, 9.17) is 5.11 Å². The molecule has 1 aromatic rings. The number of benzene rings is 1. The third kappa shape index (κ3) is 4.23. The van der Waals surface area contributed by atoms with Crippen molar-refractivity contribution in [2.24, 2.45) is 0 Å². The summed E-state index contributed by atoms with van der Waals surface area (Å²) in [6.45, 7) is 2.47. The van der Waals surface area contributed by atoms with Gasteiger partial charge in [-0.05, 0) is 19.1 Å². The topological polar surface area (TPSA) is 122 Å². The molecule has 0 unspecified atom stereocenters. The molecule has 1 amide bonds. The Kier molecular flexibility index (Phi) is 5.45. The first-order chi connectivity index (χ1) is 9.45. The quantitative estimate of drug-likeness (QED) is 0.510. The summed E-state index contributed by atoms with van der Waals surface area (Å²) in [6, 6.07) is 3.46. The SMILES string of the molecule is CCNC(=O)CCNc1cc(C(=O)O)ccc1[N+](=O)[O-]. The number of nitrogens with zero attached hydrogens (tertiary/aromatic N) is 1. The number of hydrogen-bond acceptors (Lipinski definition) is 5. The molecule has 0 heterocycles. The van der Waals surface area contributed by atoms with E-state index < -0.39 is 10.9 Å². The molecule has 0 aliphatic heterocycles. The van der Waals surface area contributed by atoms with Gasteiger partial charge in [-0.15, -0.1) is 0 Å². The second-order valence-electron chi connectivity index (χ2n) is 3.92. The van der Waals surface area contributed by atoms with Crippen LogP contribution in [0.25, 0.3) is 0 Å². The number of nitro groups is 1. The monoisotopic (exact) mass is 281 g/mol. The maximum absolute atomic E-state index is 11.2. The van der Waals surface area contributed by atoms with Crippen molar-refractivity contribution in [3.63, 3.8) is 0 Å². The number of carboxylic acids is 1. The number of nitro benzene ring substituents is 1. The first-order valence-corrected chi connectivity index (χ1v) is 5.98. The maximum atomic E-state index is 11.2. The summed E-state index contributed by atoms with van der Waals surface area (Å²) in [5.41, 5.74) is -0.207. The second-order valence-corrected chi connectivity index (χ2v) is 3.92. The van der Waals surface area contributed by atoms with Crippen LogP contribution in [-0.2, 0) is 4.79 Å². The van der Waals surface area contributed by atoms with E-state index in [9.17, 15) is 19.7 Å². The first kappa shape index (κ1) is 15.4. The standard InChI is InChI=1S/C12H15N3O5/c1-2-13-11(16)5-6-14-9-7-8(12(17)18)3-4-10(9)15(19)20/h3-4,7,14H,2,5-6H2,1H3,(H,13,16)(H,17,18). The number of nitrogens with one attached hydrogen (secondary N) is 2. The average molecular weight is 281 g/mol. The van der Waals surface area contributed by atoms with Gasteiger partial charge in [0, 0.05) is 25.6 Å². The van der Waals surface area contributed by atoms with E-state index in [0.29, 0.717) is 6.54 Å². The molecule has 0 aromatic heterocycles. The van der Waals surface area contributed by atoms with E-state index >= 15 is 0 Å². The number of anilines is 1. The normalized spacial score (nSPS) is 9.85. The molecule has 8 heteroatoms. The van der Waals surface area contributed by atoms with Gasteiger partial charge in [-0.3, -0.25) is 14.9 Å². The van der Waals surface area contributed by atoms with Gasteiger partial charge < -0.3 is 15.7 Å². The van der Waals surface area contributed by atoms with Crippen molar-refractivity contribution in [2.45, 2.75) is 13.3 Å². The minimum Gasteiger partial charge on any atom is -0.478 e. The van der Waals surface area contributed by atoms with Crippen molar-refractivity contribution >= 4 is 23.3 Å². The van der Waals surface area contributed by atoms with E-state index in [2.05, 4.69) is 10.6 Å². The summed E-state index contributed by atoms with van der Waals surface area (Å²) >= 11 is 0. The second kappa shape index (κ2) is 7.07. The lowest BCUT2D eigenvalue weighted by Gasteiger charge is -2.08. The molecule has 108 valence electrons. The molecular weight excluding hydrogens is 266 g/mol. The minimum absolute atomic E-state index is 0.0592. The van der Waals surface area contributed by atoms with Gasteiger partial charge >= 0.3 is 5.97 Å². The predicted octanol–water partition coefficient (Wildman–Crippen LogP) is 1.23. The van der Waals surface area contributed by atoms with E-state index in [1.807, 2.05) is 0 Å². The molecule has 0 fully saturated rings. The summed E-state index contributed by atoms with van der Waals surface area (Å²) in [4.78, 5) is 32.3. The molecule has 0 aliphatic carbocycles. The zero-order valence-corrected chi connectivity index (χ0v) is 10.9. The van der Waals surface area contributed by atoms with Gasteiger partial charge in [-0.1, -0.05) is 0 Å². The Morgan fingerprint density at radius 2 is 2.10 bits per heavy atom. The molecule has 8 nitrogen and oxygen atoms in total. The van der Waals surface area contributed by atoms with Crippen LogP contribution in [0.5, 0.6) is 0 Å². The van der Waals surface area contributed by atoms with E-state index in [1.54, 1.807) is 6.92 Å². The Morgan fingerprint density at radius 1 is 1.40 bits per heavy atom. The molecule has 0 atom stereocenters. The Hall–Kier alpha value is -2.64. The summed E-state index contributed by atoms with van der Waals surface area (Å²) in [7, 11) is 0. The van der Waals surface area contributed by atoms with Gasteiger partial charge in [0.2, 0.25) is 5.91 Å². The van der Waals surface area contributed by atoms with Crippen molar-refractivity contribution in [1.82, 2.24) is 5.32 Å². The fourth-order valence-corrected chi connectivity index (χ4v) is 1.57. The number of carbonyl (C=O) groups excluding carboxylic acids is 1. The van der Waals surface area contributed by atoms with Crippen molar-refractivity contribution in [2.75, 3.05) is 18.4 Å². The molecule has 0 spiro atoms. The van der Waals surface area contributed by atoms with Crippen LogP contribution in [0.2, 0.25) is 0 Å². The number of amides is 1. The minimum atomic E-state index is -1.17. The summed E-state index contributed by atoms with van der Waals surface area (Å²) in [5, 5.41) is 25.0. The lowest BCUT2D eigenvalue weighted by Crippen LogP contribution is -2.24. The van der Waals surface area contributed by atoms with Crippen molar-refractivity contribution in [3.8, 4) is 0 Å². The lowest BCUT2D eigenvalue weighted by atomic mass is 10.1. The zero-order valence-electron chi connectivity index (χ0n) is 10.9. The van der Waals surface area contributed by atoms with Gasteiger partial charge in [0.25, 0.3) is 5.69 Å². The van der Waals surface area contributed by atoms with Crippen molar-refractivity contribution in [1.29, 1.82) is 0 Å². The molecule has 0 radical (unpaired) electrons. The van der Waals surface area contributed by atoms with E-state index in [0.717, 1.165) is 12.1 Å². The summed E-state index contributed by atoms with van der Waals surface area (Å²) < 4.78 is 0. The predicted molar refractivity (Wildman–Crippen MR) is 71.8 cm³/mol. The third-order valence-electron chi connectivity index (χ3n) is 2.48. The molecule has 1 rings (SSSR count). The van der Waals surface area contributed by atoms with Crippen LogP contribution in [0, 0.1) is 10.1 Å². The van der Waals surface area contributed by atoms with Crippen LogP contribution < -0.4 is 10.6 Å². The highest BCUT2D eigenvalue weighted by atomic mass is 16.6. The highest BCUT2D eigenvalue weighted by Gasteiger charge is 2.16. The number of hydrogen-bond donors (Lipinski definition) is 3. The number of carboxylic acid groups (broad SMARTS) is 1. The largest absolute Gasteiger partial charge is 0.478 e. The summed E-state index contributed by atoms with van der Waals surface area (Å²) in [6.07, 6.45) is 0.141. The molecule has 20 heavy (non-hydrogen) atoms. The molecule has 1 aromatic carbocycles. The number of carbonyl (C=O) groups is 2. The first-order valence-electron chi connectivity index (χ1n) is 5.98. The highest BCUT2D eigenvalue weighted by molar-refractivity contribution is 5.90. The van der Waals surface area contributed by atoms with Crippen LogP contribution >= 0.6 is 0 Å². The van der Waals surface area contributed by atoms with Crippen LogP contribution in [0.15, 0.2) is 18.2 Å². The molecule has 0 saturated carbocycles. The Morgan fingerprint density at radius 3 is 2.65 bits per heavy atom. The Balaban J connectivity index is 2.80.